The van der Waals surface area contributed by atoms with Crippen LogP contribution in [0, 0.1) is 0 Å². The summed E-state index contributed by atoms with van der Waals surface area (Å²) in [5.41, 5.74) is 6.22. The third-order valence-electron chi connectivity index (χ3n) is 2.64. The van der Waals surface area contributed by atoms with Gasteiger partial charge in [-0.1, -0.05) is 6.07 Å². The van der Waals surface area contributed by atoms with Crippen LogP contribution in [0.15, 0.2) is 47.6 Å². The van der Waals surface area contributed by atoms with Gasteiger partial charge in [0.15, 0.2) is 0 Å². The molecular weight excluding hydrogens is 278 g/mol. The Morgan fingerprint density at radius 1 is 1.35 bits per heavy atom. The van der Waals surface area contributed by atoms with Gasteiger partial charge in [0, 0.05) is 37.7 Å². The number of hydrogen-bond acceptors (Lipinski definition) is 4. The Bertz CT molecular complexity index is 680. The zero-order valence-corrected chi connectivity index (χ0v) is 11.9. The smallest absolute Gasteiger partial charge is 0.242 e. The number of hydrogen-bond donors (Lipinski definition) is 2. The third kappa shape index (κ3) is 3.75. The van der Waals surface area contributed by atoms with Crippen LogP contribution in [0.4, 0.5) is 5.69 Å². The molecule has 0 amide bonds. The molecule has 108 valence electrons. The first-order chi connectivity index (χ1) is 9.47. The van der Waals surface area contributed by atoms with E-state index in [0.29, 0.717) is 11.4 Å². The van der Waals surface area contributed by atoms with Gasteiger partial charge in [-0.05, 0) is 18.2 Å². The van der Waals surface area contributed by atoms with Crippen LogP contribution in [0.25, 0.3) is 0 Å². The van der Waals surface area contributed by atoms with Crippen LogP contribution in [0.3, 0.4) is 0 Å². The number of nitrogens with one attached hydrogen (secondary N) is 1. The van der Waals surface area contributed by atoms with E-state index in [1.165, 1.54) is 0 Å². The number of nitrogens with zero attached hydrogens (tertiary/aromatic N) is 1. The van der Waals surface area contributed by atoms with E-state index in [0.717, 1.165) is 0 Å². The van der Waals surface area contributed by atoms with Crippen molar-refractivity contribution in [2.75, 3.05) is 18.9 Å². The summed E-state index contributed by atoms with van der Waals surface area (Å²) in [6.07, 6.45) is 3.22. The van der Waals surface area contributed by atoms with Crippen LogP contribution in [0.1, 0.15) is 0 Å². The summed E-state index contributed by atoms with van der Waals surface area (Å²) >= 11 is 0. The van der Waals surface area contributed by atoms with Gasteiger partial charge in [0.1, 0.15) is 12.4 Å². The lowest BCUT2D eigenvalue weighted by atomic mass is 10.3. The SMILES string of the molecule is Cn1ccc(S(=O)(=O)NCCOc2cccc(N)c2)c1. The van der Waals surface area contributed by atoms with Crippen molar-refractivity contribution < 1.29 is 13.2 Å². The second-order valence-electron chi connectivity index (χ2n) is 4.33. The molecular formula is C13H17N3O3S. The molecule has 1 heterocycles. The fourth-order valence-electron chi connectivity index (χ4n) is 1.67. The highest BCUT2D eigenvalue weighted by molar-refractivity contribution is 7.89. The van der Waals surface area contributed by atoms with Crippen molar-refractivity contribution in [2.45, 2.75) is 4.90 Å². The average Bonchev–Trinajstić information content (AvgIpc) is 2.82. The Morgan fingerprint density at radius 3 is 2.80 bits per heavy atom. The normalized spacial score (nSPS) is 11.4. The fourth-order valence-corrected chi connectivity index (χ4v) is 2.73. The Kier molecular flexibility index (Phi) is 4.31. The van der Waals surface area contributed by atoms with E-state index in [1.807, 2.05) is 0 Å². The molecule has 0 saturated carbocycles. The zero-order valence-electron chi connectivity index (χ0n) is 11.1. The summed E-state index contributed by atoms with van der Waals surface area (Å²) in [7, 11) is -1.71. The Balaban J connectivity index is 1.84. The maximum atomic E-state index is 11.9. The highest BCUT2D eigenvalue weighted by atomic mass is 32.2. The number of aryl methyl sites for hydroxylation is 1. The second-order valence-corrected chi connectivity index (χ2v) is 6.10. The van der Waals surface area contributed by atoms with E-state index < -0.39 is 10.0 Å². The monoisotopic (exact) mass is 295 g/mol. The number of aromatic nitrogens is 1. The van der Waals surface area contributed by atoms with E-state index in [4.69, 9.17) is 10.5 Å². The summed E-state index contributed by atoms with van der Waals surface area (Å²) in [4.78, 5) is 0.240. The number of benzene rings is 1. The predicted octanol–water partition coefficient (Wildman–Crippen LogP) is 0.965. The predicted molar refractivity (Wildman–Crippen MR) is 77.0 cm³/mol. The Morgan fingerprint density at radius 2 is 2.15 bits per heavy atom. The fraction of sp³-hybridized carbons (Fsp3) is 0.231. The molecule has 0 aliphatic carbocycles. The minimum Gasteiger partial charge on any atom is -0.492 e. The van der Waals surface area contributed by atoms with Crippen molar-refractivity contribution in [3.05, 3.63) is 42.7 Å². The summed E-state index contributed by atoms with van der Waals surface area (Å²) in [5, 5.41) is 0. The molecule has 0 spiro atoms. The molecule has 0 aliphatic rings. The number of sulfonamides is 1. The summed E-state index contributed by atoms with van der Waals surface area (Å²) in [6, 6.07) is 8.53. The molecule has 0 bridgehead atoms. The lowest BCUT2D eigenvalue weighted by molar-refractivity contribution is 0.323. The molecule has 0 aliphatic heterocycles. The minimum atomic E-state index is -3.48. The molecule has 3 N–H and O–H groups in total. The standard InChI is InChI=1S/C13H17N3O3S/c1-16-7-5-13(10-16)20(17,18)15-6-8-19-12-4-2-3-11(14)9-12/h2-5,7,9-10,15H,6,8,14H2,1H3. The van der Waals surface area contributed by atoms with Gasteiger partial charge < -0.3 is 15.0 Å². The molecule has 20 heavy (non-hydrogen) atoms. The maximum absolute atomic E-state index is 11.9. The topological polar surface area (TPSA) is 86.3 Å². The first-order valence-electron chi connectivity index (χ1n) is 6.07. The molecule has 0 fully saturated rings. The highest BCUT2D eigenvalue weighted by Crippen LogP contribution is 2.14. The van der Waals surface area contributed by atoms with Gasteiger partial charge in [0.2, 0.25) is 10.0 Å². The van der Waals surface area contributed by atoms with Crippen LogP contribution < -0.4 is 15.2 Å². The minimum absolute atomic E-state index is 0.187. The van der Waals surface area contributed by atoms with E-state index >= 15 is 0 Å². The molecule has 0 atom stereocenters. The molecule has 2 aromatic rings. The van der Waals surface area contributed by atoms with E-state index in [2.05, 4.69) is 4.72 Å². The Hall–Kier alpha value is -1.99. The molecule has 6 nitrogen and oxygen atoms in total. The lowest BCUT2D eigenvalue weighted by Gasteiger charge is -2.08. The van der Waals surface area contributed by atoms with Crippen LogP contribution in [-0.2, 0) is 17.1 Å². The van der Waals surface area contributed by atoms with Crippen LogP contribution >= 0.6 is 0 Å². The van der Waals surface area contributed by atoms with Gasteiger partial charge in [-0.15, -0.1) is 0 Å². The first kappa shape index (κ1) is 14.4. The number of anilines is 1. The van der Waals surface area contributed by atoms with Gasteiger partial charge in [-0.25, -0.2) is 13.1 Å². The lowest BCUT2D eigenvalue weighted by Crippen LogP contribution is -2.28. The van der Waals surface area contributed by atoms with Gasteiger partial charge in [0.25, 0.3) is 0 Å². The molecule has 2 rings (SSSR count). The second kappa shape index (κ2) is 5.98. The van der Waals surface area contributed by atoms with Gasteiger partial charge >= 0.3 is 0 Å². The van der Waals surface area contributed by atoms with E-state index in [1.54, 1.807) is 54.3 Å². The number of nitrogen functional groups attached to an aromatic ring is 1. The molecule has 1 aromatic heterocycles. The van der Waals surface area contributed by atoms with Gasteiger partial charge in [-0.3, -0.25) is 0 Å². The first-order valence-corrected chi connectivity index (χ1v) is 7.56. The van der Waals surface area contributed by atoms with E-state index in [9.17, 15) is 8.42 Å². The quantitative estimate of drug-likeness (QED) is 0.614. The number of nitrogens with two attached hydrogens (primary N) is 1. The van der Waals surface area contributed by atoms with Crippen molar-refractivity contribution in [3.63, 3.8) is 0 Å². The van der Waals surface area contributed by atoms with Crippen molar-refractivity contribution in [1.29, 1.82) is 0 Å². The number of rotatable bonds is 6. The van der Waals surface area contributed by atoms with Crippen molar-refractivity contribution in [2.24, 2.45) is 7.05 Å². The largest absolute Gasteiger partial charge is 0.492 e. The molecule has 1 aromatic carbocycles. The average molecular weight is 295 g/mol. The van der Waals surface area contributed by atoms with Crippen LogP contribution in [0.5, 0.6) is 5.75 Å². The van der Waals surface area contributed by atoms with Crippen molar-refractivity contribution in [1.82, 2.24) is 9.29 Å². The molecule has 0 radical (unpaired) electrons. The zero-order chi connectivity index (χ0) is 14.6. The van der Waals surface area contributed by atoms with Crippen LogP contribution in [-0.4, -0.2) is 26.1 Å². The third-order valence-corrected chi connectivity index (χ3v) is 4.08. The highest BCUT2D eigenvalue weighted by Gasteiger charge is 2.14. The van der Waals surface area contributed by atoms with Gasteiger partial charge in [0.05, 0.1) is 4.90 Å². The summed E-state index contributed by atoms with van der Waals surface area (Å²) < 4.78 is 33.4. The van der Waals surface area contributed by atoms with Gasteiger partial charge in [-0.2, -0.15) is 0 Å². The Labute approximate surface area is 118 Å². The molecule has 7 heteroatoms. The van der Waals surface area contributed by atoms with Crippen molar-refractivity contribution in [3.8, 4) is 5.75 Å². The maximum Gasteiger partial charge on any atom is 0.242 e. The summed E-state index contributed by atoms with van der Waals surface area (Å²) in [5.74, 6) is 0.615. The molecule has 0 unspecified atom stereocenters. The van der Waals surface area contributed by atoms with Crippen molar-refractivity contribution >= 4 is 15.7 Å². The number of ether oxygens (including phenoxy) is 1. The molecule has 0 saturated heterocycles. The van der Waals surface area contributed by atoms with Crippen LogP contribution in [0.2, 0.25) is 0 Å². The van der Waals surface area contributed by atoms with E-state index in [-0.39, 0.29) is 18.0 Å². The summed E-state index contributed by atoms with van der Waals surface area (Å²) in [6.45, 7) is 0.418.